The highest BCUT2D eigenvalue weighted by Crippen LogP contribution is 2.15. The van der Waals surface area contributed by atoms with Crippen LogP contribution in [0.3, 0.4) is 0 Å². The number of halogens is 1. The third-order valence-corrected chi connectivity index (χ3v) is 4.17. The molecule has 6 nitrogen and oxygen atoms in total. The van der Waals surface area contributed by atoms with Gasteiger partial charge >= 0.3 is 5.69 Å². The van der Waals surface area contributed by atoms with E-state index in [1.54, 1.807) is 42.5 Å². The molecule has 1 heterocycles. The summed E-state index contributed by atoms with van der Waals surface area (Å²) in [7, 11) is 0. The summed E-state index contributed by atoms with van der Waals surface area (Å²) >= 11 is 6.12. The van der Waals surface area contributed by atoms with Gasteiger partial charge in [-0.15, -0.1) is 0 Å². The summed E-state index contributed by atoms with van der Waals surface area (Å²) in [6.45, 7) is -0.158. The Morgan fingerprint density at radius 3 is 2.38 bits per heavy atom. The minimum atomic E-state index is -0.569. The molecule has 1 N–H and O–H groups in total. The van der Waals surface area contributed by atoms with Crippen LogP contribution in [0.2, 0.25) is 5.02 Å². The zero-order chi connectivity index (χ0) is 18.5. The maximum Gasteiger partial charge on any atom is 0.331 e. The first-order valence-electron chi connectivity index (χ1n) is 7.93. The molecular formula is C19H16ClN3O3. The van der Waals surface area contributed by atoms with Crippen molar-refractivity contribution in [2.75, 3.05) is 5.32 Å². The summed E-state index contributed by atoms with van der Waals surface area (Å²) in [6, 6.07) is 17.2. The number of benzene rings is 2. The smallest absolute Gasteiger partial charge is 0.325 e. The lowest BCUT2D eigenvalue weighted by Gasteiger charge is -2.11. The second kappa shape index (κ2) is 7.84. The monoisotopic (exact) mass is 369 g/mol. The molecule has 0 aliphatic carbocycles. The molecular weight excluding hydrogens is 354 g/mol. The number of aromatic nitrogens is 2. The molecule has 132 valence electrons. The van der Waals surface area contributed by atoms with E-state index in [1.165, 1.54) is 16.8 Å². The Kier molecular flexibility index (Phi) is 5.34. The molecule has 26 heavy (non-hydrogen) atoms. The van der Waals surface area contributed by atoms with E-state index in [0.29, 0.717) is 10.7 Å². The molecule has 0 saturated heterocycles. The second-order valence-corrected chi connectivity index (χ2v) is 6.06. The zero-order valence-corrected chi connectivity index (χ0v) is 14.5. The quantitative estimate of drug-likeness (QED) is 0.750. The van der Waals surface area contributed by atoms with Gasteiger partial charge in [-0.05, 0) is 23.8 Å². The van der Waals surface area contributed by atoms with Crippen molar-refractivity contribution >= 4 is 23.2 Å². The van der Waals surface area contributed by atoms with Crippen molar-refractivity contribution in [1.82, 2.24) is 9.13 Å². The van der Waals surface area contributed by atoms with Crippen molar-refractivity contribution in [1.29, 1.82) is 0 Å². The van der Waals surface area contributed by atoms with Gasteiger partial charge in [0.1, 0.15) is 6.54 Å². The summed E-state index contributed by atoms with van der Waals surface area (Å²) in [5, 5.41) is 3.18. The van der Waals surface area contributed by atoms with Gasteiger partial charge in [0.25, 0.3) is 5.56 Å². The van der Waals surface area contributed by atoms with Crippen LogP contribution in [0, 0.1) is 0 Å². The molecule has 1 amide bonds. The second-order valence-electron chi connectivity index (χ2n) is 5.66. The van der Waals surface area contributed by atoms with Gasteiger partial charge in [0, 0.05) is 23.0 Å². The van der Waals surface area contributed by atoms with Crippen LogP contribution in [0.25, 0.3) is 0 Å². The average Bonchev–Trinajstić information content (AvgIpc) is 2.63. The van der Waals surface area contributed by atoms with Crippen LogP contribution < -0.4 is 16.6 Å². The molecule has 2 aromatic carbocycles. The van der Waals surface area contributed by atoms with Crippen LogP contribution in [-0.4, -0.2) is 15.0 Å². The van der Waals surface area contributed by atoms with E-state index in [4.69, 9.17) is 11.6 Å². The predicted molar refractivity (Wildman–Crippen MR) is 101 cm³/mol. The highest BCUT2D eigenvalue weighted by Gasteiger charge is 2.11. The van der Waals surface area contributed by atoms with Gasteiger partial charge in [0.05, 0.1) is 6.54 Å². The topological polar surface area (TPSA) is 73.1 Å². The summed E-state index contributed by atoms with van der Waals surface area (Å²) in [5.74, 6) is -0.453. The fourth-order valence-electron chi connectivity index (χ4n) is 2.50. The van der Waals surface area contributed by atoms with Crippen molar-refractivity contribution in [3.8, 4) is 0 Å². The Labute approximate surface area is 154 Å². The van der Waals surface area contributed by atoms with E-state index in [0.717, 1.165) is 10.1 Å². The number of para-hydroxylation sites is 1. The normalized spacial score (nSPS) is 10.5. The first kappa shape index (κ1) is 17.7. The fraction of sp³-hybridized carbons (Fsp3) is 0.105. The van der Waals surface area contributed by atoms with Crippen molar-refractivity contribution in [2.24, 2.45) is 0 Å². The van der Waals surface area contributed by atoms with Crippen LogP contribution in [0.4, 0.5) is 5.69 Å². The summed E-state index contributed by atoms with van der Waals surface area (Å²) in [6.07, 6.45) is 1.40. The van der Waals surface area contributed by atoms with Gasteiger partial charge in [-0.1, -0.05) is 48.0 Å². The Balaban J connectivity index is 1.84. The van der Waals surface area contributed by atoms with Gasteiger partial charge < -0.3 is 5.32 Å². The minimum Gasteiger partial charge on any atom is -0.325 e. The minimum absolute atomic E-state index is 0.207. The van der Waals surface area contributed by atoms with Crippen LogP contribution >= 0.6 is 11.6 Å². The van der Waals surface area contributed by atoms with Crippen molar-refractivity contribution in [3.05, 3.63) is 98.3 Å². The van der Waals surface area contributed by atoms with Gasteiger partial charge in [-0.2, -0.15) is 0 Å². The third-order valence-electron chi connectivity index (χ3n) is 3.80. The fourth-order valence-corrected chi connectivity index (χ4v) is 2.69. The maximum atomic E-state index is 12.6. The number of anilines is 1. The lowest BCUT2D eigenvalue weighted by Crippen LogP contribution is -2.41. The number of amides is 1. The molecule has 7 heteroatoms. The molecule has 0 spiro atoms. The molecule has 3 aromatic rings. The van der Waals surface area contributed by atoms with E-state index in [1.807, 2.05) is 12.1 Å². The third kappa shape index (κ3) is 4.10. The van der Waals surface area contributed by atoms with Gasteiger partial charge in [0.2, 0.25) is 5.91 Å². The van der Waals surface area contributed by atoms with E-state index < -0.39 is 17.2 Å². The lowest BCUT2D eigenvalue weighted by atomic mass is 10.2. The number of nitrogens with zero attached hydrogens (tertiary/aromatic N) is 2. The van der Waals surface area contributed by atoms with Gasteiger partial charge in [-0.25, -0.2) is 4.79 Å². The number of nitrogens with one attached hydrogen (secondary N) is 1. The Bertz CT molecular complexity index is 1040. The molecule has 0 bridgehead atoms. The largest absolute Gasteiger partial charge is 0.331 e. The lowest BCUT2D eigenvalue weighted by molar-refractivity contribution is -0.116. The van der Waals surface area contributed by atoms with Crippen LogP contribution in [0.5, 0.6) is 0 Å². The summed E-state index contributed by atoms with van der Waals surface area (Å²) in [4.78, 5) is 36.8. The van der Waals surface area contributed by atoms with E-state index in [9.17, 15) is 14.4 Å². The standard InChI is InChI=1S/C19H16ClN3O3/c20-16-9-5-4-6-14(16)12-22-11-10-18(25)23(19(22)26)13-17(24)21-15-7-2-1-3-8-15/h1-11H,12-13H2,(H,21,24). The predicted octanol–water partition coefficient (Wildman–Crippen LogP) is 2.35. The summed E-state index contributed by atoms with van der Waals surface area (Å²) in [5.41, 5.74) is 0.238. The first-order chi connectivity index (χ1) is 12.5. The molecule has 0 unspecified atom stereocenters. The van der Waals surface area contributed by atoms with Gasteiger partial charge in [-0.3, -0.25) is 18.7 Å². The molecule has 0 radical (unpaired) electrons. The van der Waals surface area contributed by atoms with Crippen LogP contribution in [0.1, 0.15) is 5.56 Å². The number of rotatable bonds is 5. The first-order valence-corrected chi connectivity index (χ1v) is 8.31. The number of hydrogen-bond acceptors (Lipinski definition) is 3. The highest BCUT2D eigenvalue weighted by atomic mass is 35.5. The molecule has 0 aliphatic heterocycles. The molecule has 0 saturated carbocycles. The number of carbonyl (C=O) groups is 1. The molecule has 0 aliphatic rings. The average molecular weight is 370 g/mol. The van der Waals surface area contributed by atoms with Crippen molar-refractivity contribution < 1.29 is 4.79 Å². The zero-order valence-electron chi connectivity index (χ0n) is 13.8. The van der Waals surface area contributed by atoms with E-state index >= 15 is 0 Å². The van der Waals surface area contributed by atoms with Crippen LogP contribution in [0.15, 0.2) is 76.4 Å². The molecule has 0 fully saturated rings. The van der Waals surface area contributed by atoms with Gasteiger partial charge in [0.15, 0.2) is 0 Å². The highest BCUT2D eigenvalue weighted by molar-refractivity contribution is 6.31. The molecule has 1 aromatic heterocycles. The Morgan fingerprint density at radius 1 is 0.962 bits per heavy atom. The molecule has 3 rings (SSSR count). The summed E-state index contributed by atoms with van der Waals surface area (Å²) < 4.78 is 2.24. The van der Waals surface area contributed by atoms with Crippen LogP contribution in [-0.2, 0) is 17.9 Å². The number of hydrogen-bond donors (Lipinski definition) is 1. The Morgan fingerprint density at radius 2 is 1.65 bits per heavy atom. The van der Waals surface area contributed by atoms with Crippen molar-refractivity contribution in [3.63, 3.8) is 0 Å². The maximum absolute atomic E-state index is 12.6. The van der Waals surface area contributed by atoms with E-state index in [2.05, 4.69) is 5.32 Å². The van der Waals surface area contributed by atoms with E-state index in [-0.39, 0.29) is 13.1 Å². The van der Waals surface area contributed by atoms with Crippen molar-refractivity contribution in [2.45, 2.75) is 13.1 Å². The Hall–Kier alpha value is -3.12. The SMILES string of the molecule is O=C(Cn1c(=O)ccn(Cc2ccccc2Cl)c1=O)Nc1ccccc1. The molecule has 0 atom stereocenters. The number of carbonyl (C=O) groups excluding carboxylic acids is 1.